The minimum absolute atomic E-state index is 0.0800. The van der Waals surface area contributed by atoms with E-state index in [1.54, 1.807) is 14.1 Å². The van der Waals surface area contributed by atoms with Crippen molar-refractivity contribution in [1.29, 1.82) is 0 Å². The van der Waals surface area contributed by atoms with Gasteiger partial charge in [-0.3, -0.25) is 19.3 Å². The van der Waals surface area contributed by atoms with Crippen LogP contribution in [-0.2, 0) is 31.0 Å². The SMILES string of the molecule is CNC(=O)c1ccc(Cn2c3c(c4ccccc42)C2CN(C)C(=O)N(C3)C2)cc1.CNC(=O)c1ccc(Cn2c3c(c4ccccc42)C2CN(C3)CN(C)C2=O)cc1. The van der Waals surface area contributed by atoms with Gasteiger partial charge < -0.3 is 34.5 Å². The maximum absolute atomic E-state index is 12.9. The molecule has 4 aliphatic rings. The second kappa shape index (κ2) is 14.8. The maximum atomic E-state index is 12.9. The Kier molecular flexibility index (Phi) is 9.51. The molecule has 4 aromatic carbocycles. The summed E-state index contributed by atoms with van der Waals surface area (Å²) >= 11 is 0. The summed E-state index contributed by atoms with van der Waals surface area (Å²) < 4.78 is 4.69. The number of amides is 5. The van der Waals surface area contributed by atoms with Gasteiger partial charge in [0.15, 0.2) is 0 Å². The lowest BCUT2D eigenvalue weighted by Gasteiger charge is -2.42. The highest BCUT2D eigenvalue weighted by molar-refractivity contribution is 5.96. The first-order valence-electron chi connectivity index (χ1n) is 19.9. The summed E-state index contributed by atoms with van der Waals surface area (Å²) in [6.07, 6.45) is 0. The fraction of sp³-hybridized carbons (Fsp3) is 0.304. The van der Waals surface area contributed by atoms with Crippen molar-refractivity contribution >= 4 is 45.6 Å². The van der Waals surface area contributed by atoms with E-state index in [1.165, 1.54) is 38.8 Å². The van der Waals surface area contributed by atoms with Crippen molar-refractivity contribution in [3.63, 3.8) is 0 Å². The van der Waals surface area contributed by atoms with Crippen molar-refractivity contribution in [2.75, 3.05) is 54.5 Å². The molecule has 12 nitrogen and oxygen atoms in total. The third kappa shape index (κ3) is 6.37. The van der Waals surface area contributed by atoms with Crippen LogP contribution in [0.15, 0.2) is 97.1 Å². The first-order valence-corrected chi connectivity index (χ1v) is 19.9. The number of likely N-dealkylation sites (N-methyl/N-ethyl adjacent to an activating group) is 2. The number of urea groups is 1. The quantitative estimate of drug-likeness (QED) is 0.236. The minimum atomic E-state index is -0.0979. The Morgan fingerprint density at radius 1 is 0.621 bits per heavy atom. The van der Waals surface area contributed by atoms with Crippen molar-refractivity contribution in [1.82, 2.24) is 39.4 Å². The van der Waals surface area contributed by atoms with E-state index in [9.17, 15) is 19.2 Å². The molecule has 2 N–H and O–H groups in total. The van der Waals surface area contributed by atoms with E-state index in [4.69, 9.17) is 0 Å². The largest absolute Gasteiger partial charge is 0.355 e. The van der Waals surface area contributed by atoms with Gasteiger partial charge in [-0.05, 0) is 58.7 Å². The molecule has 4 bridgehead atoms. The normalized spacial score (nSPS) is 19.4. The number of nitrogens with one attached hydrogen (secondary N) is 2. The van der Waals surface area contributed by atoms with Crippen LogP contribution in [0.3, 0.4) is 0 Å². The number of para-hydroxylation sites is 2. The summed E-state index contributed by atoms with van der Waals surface area (Å²) in [6, 6.07) is 32.5. The molecule has 6 aromatic rings. The number of rotatable bonds is 6. The lowest BCUT2D eigenvalue weighted by atomic mass is 9.89. The van der Waals surface area contributed by atoms with E-state index in [2.05, 4.69) is 73.2 Å². The number of nitrogens with zero attached hydrogens (tertiary/aromatic N) is 6. The van der Waals surface area contributed by atoms with E-state index in [0.717, 1.165) is 42.8 Å². The fourth-order valence-electron chi connectivity index (χ4n) is 9.61. The van der Waals surface area contributed by atoms with E-state index in [1.807, 2.05) is 77.3 Å². The molecule has 296 valence electrons. The molecule has 5 amide bonds. The number of fused-ring (bicyclic) bond motifs is 12. The number of hydrogen-bond donors (Lipinski definition) is 2. The van der Waals surface area contributed by atoms with E-state index < -0.39 is 0 Å². The van der Waals surface area contributed by atoms with Gasteiger partial charge in [-0.25, -0.2) is 4.79 Å². The van der Waals surface area contributed by atoms with Crippen molar-refractivity contribution in [2.45, 2.75) is 38.0 Å². The summed E-state index contributed by atoms with van der Waals surface area (Å²) in [5, 5.41) is 7.78. The molecule has 3 atom stereocenters. The molecule has 4 aliphatic heterocycles. The molecule has 0 aliphatic carbocycles. The second-order valence-electron chi connectivity index (χ2n) is 16.0. The molecular weight excluding hydrogens is 729 g/mol. The highest BCUT2D eigenvalue weighted by atomic mass is 16.2. The fourth-order valence-corrected chi connectivity index (χ4v) is 9.61. The number of carbonyl (C=O) groups is 4. The Labute approximate surface area is 337 Å². The zero-order valence-electron chi connectivity index (χ0n) is 33.4. The van der Waals surface area contributed by atoms with E-state index in [-0.39, 0.29) is 29.7 Å². The van der Waals surface area contributed by atoms with Gasteiger partial charge in [0.1, 0.15) is 0 Å². The maximum Gasteiger partial charge on any atom is 0.320 e. The Morgan fingerprint density at radius 3 is 1.69 bits per heavy atom. The predicted molar refractivity (Wildman–Crippen MR) is 224 cm³/mol. The van der Waals surface area contributed by atoms with E-state index in [0.29, 0.717) is 43.3 Å². The zero-order valence-corrected chi connectivity index (χ0v) is 33.4. The molecule has 2 aromatic heterocycles. The first-order chi connectivity index (χ1) is 28.1. The van der Waals surface area contributed by atoms with Gasteiger partial charge in [0.2, 0.25) is 5.91 Å². The van der Waals surface area contributed by atoms with Crippen molar-refractivity contribution in [3.05, 3.63) is 142 Å². The smallest absolute Gasteiger partial charge is 0.320 e. The van der Waals surface area contributed by atoms with Gasteiger partial charge in [0.25, 0.3) is 11.8 Å². The minimum Gasteiger partial charge on any atom is -0.355 e. The average molecular weight is 777 g/mol. The van der Waals surface area contributed by atoms with Crippen LogP contribution in [0, 0.1) is 0 Å². The molecule has 2 saturated heterocycles. The number of benzene rings is 4. The molecule has 3 unspecified atom stereocenters. The van der Waals surface area contributed by atoms with Crippen LogP contribution >= 0.6 is 0 Å². The second-order valence-corrected chi connectivity index (χ2v) is 16.0. The summed E-state index contributed by atoms with van der Waals surface area (Å²) in [7, 11) is 7.05. The van der Waals surface area contributed by atoms with Crippen LogP contribution < -0.4 is 10.6 Å². The molecule has 0 spiro atoms. The summed E-state index contributed by atoms with van der Waals surface area (Å²) in [5.41, 5.74) is 11.0. The Hall–Kier alpha value is -6.40. The third-order valence-corrected chi connectivity index (χ3v) is 12.3. The first kappa shape index (κ1) is 37.2. The van der Waals surface area contributed by atoms with Crippen molar-refractivity contribution < 1.29 is 19.2 Å². The topological polar surface area (TPSA) is 115 Å². The summed E-state index contributed by atoms with van der Waals surface area (Å²) in [6.45, 7) is 5.95. The van der Waals surface area contributed by atoms with Crippen LogP contribution in [0.1, 0.15) is 66.2 Å². The van der Waals surface area contributed by atoms with Gasteiger partial charge >= 0.3 is 6.03 Å². The monoisotopic (exact) mass is 776 g/mol. The highest BCUT2D eigenvalue weighted by Gasteiger charge is 2.41. The highest BCUT2D eigenvalue weighted by Crippen LogP contribution is 2.41. The van der Waals surface area contributed by atoms with Crippen LogP contribution in [0.5, 0.6) is 0 Å². The van der Waals surface area contributed by atoms with Gasteiger partial charge in [-0.15, -0.1) is 0 Å². The Bertz CT molecular complexity index is 2590. The number of hydrogen-bond acceptors (Lipinski definition) is 5. The third-order valence-electron chi connectivity index (χ3n) is 12.3. The average Bonchev–Trinajstić information content (AvgIpc) is 3.73. The Morgan fingerprint density at radius 2 is 1.14 bits per heavy atom. The Balaban J connectivity index is 0.000000150. The molecule has 2 fully saturated rings. The number of aromatic nitrogens is 2. The predicted octanol–water partition coefficient (Wildman–Crippen LogP) is 5.39. The summed E-state index contributed by atoms with van der Waals surface area (Å²) in [4.78, 5) is 57.1. The van der Waals surface area contributed by atoms with Crippen LogP contribution in [0.2, 0.25) is 0 Å². The van der Waals surface area contributed by atoms with Gasteiger partial charge in [-0.1, -0.05) is 60.7 Å². The van der Waals surface area contributed by atoms with Crippen molar-refractivity contribution in [3.8, 4) is 0 Å². The number of carbonyl (C=O) groups excluding carboxylic acids is 4. The lowest BCUT2D eigenvalue weighted by molar-refractivity contribution is -0.139. The van der Waals surface area contributed by atoms with Crippen LogP contribution in [-0.4, -0.2) is 107 Å². The molecule has 0 saturated carbocycles. The van der Waals surface area contributed by atoms with Crippen LogP contribution in [0.4, 0.5) is 4.79 Å². The standard InChI is InChI=1S/2C23H24N4O2/c1-24-22(28)16-9-7-15(8-10-16)11-27-19-6-4-3-5-18(19)21-17-12-25(2)23(29)26(13-17)14-20(21)27;1-24-22(28)16-9-7-15(8-10-16)11-27-19-6-4-3-5-17(19)21-18-12-26(13-20(21)27)14-25(2)23(18)29/h3-10,17H,11-14H2,1-2H3,(H,24,28);3-10,18H,11-14H2,1-2H3,(H,24,28). The lowest BCUT2D eigenvalue weighted by Crippen LogP contribution is -2.53. The van der Waals surface area contributed by atoms with Crippen LogP contribution in [0.25, 0.3) is 21.8 Å². The molecule has 10 rings (SSSR count). The summed E-state index contributed by atoms with van der Waals surface area (Å²) in [5.74, 6) is 0.287. The molecule has 12 heteroatoms. The van der Waals surface area contributed by atoms with Crippen molar-refractivity contribution in [2.24, 2.45) is 0 Å². The van der Waals surface area contributed by atoms with Gasteiger partial charge in [-0.2, -0.15) is 0 Å². The molecular formula is C46H48N8O4. The zero-order chi connectivity index (χ0) is 40.2. The van der Waals surface area contributed by atoms with E-state index >= 15 is 0 Å². The molecule has 58 heavy (non-hydrogen) atoms. The van der Waals surface area contributed by atoms with Gasteiger partial charge in [0, 0.05) is 118 Å². The molecule has 0 radical (unpaired) electrons. The van der Waals surface area contributed by atoms with Gasteiger partial charge in [0.05, 0.1) is 19.1 Å². The molecule has 6 heterocycles.